The zero-order chi connectivity index (χ0) is 15.1. The molecule has 0 radical (unpaired) electrons. The third kappa shape index (κ3) is 2.23. The molecule has 2 aromatic rings. The lowest BCUT2D eigenvalue weighted by molar-refractivity contribution is -0.385. The van der Waals surface area contributed by atoms with Gasteiger partial charge in [0.1, 0.15) is 0 Å². The highest BCUT2D eigenvalue weighted by molar-refractivity contribution is 5.54. The molecule has 0 amide bonds. The molecular formula is C16H18N2O3. The molecule has 0 fully saturated rings. The van der Waals surface area contributed by atoms with Crippen molar-refractivity contribution >= 4 is 5.69 Å². The maximum absolute atomic E-state index is 11.0. The van der Waals surface area contributed by atoms with E-state index in [1.807, 2.05) is 25.3 Å². The third-order valence-corrected chi connectivity index (χ3v) is 4.25. The second kappa shape index (κ2) is 5.00. The van der Waals surface area contributed by atoms with Crippen molar-refractivity contribution in [3.8, 4) is 5.69 Å². The van der Waals surface area contributed by atoms with Gasteiger partial charge in [0.15, 0.2) is 0 Å². The maximum Gasteiger partial charge on any atom is 0.272 e. The van der Waals surface area contributed by atoms with Gasteiger partial charge in [0.05, 0.1) is 11.0 Å². The molecule has 1 aliphatic rings. The topological polar surface area (TPSA) is 68.3 Å². The number of aromatic nitrogens is 1. The second-order valence-electron chi connectivity index (χ2n) is 5.68. The second-order valence-corrected chi connectivity index (χ2v) is 5.68. The highest BCUT2D eigenvalue weighted by Crippen LogP contribution is 2.34. The average molecular weight is 286 g/mol. The summed E-state index contributed by atoms with van der Waals surface area (Å²) >= 11 is 0. The number of aliphatic hydroxyl groups is 1. The Bertz CT molecular complexity index is 719. The summed E-state index contributed by atoms with van der Waals surface area (Å²) in [7, 11) is 0. The molecule has 1 aromatic heterocycles. The van der Waals surface area contributed by atoms with E-state index in [-0.39, 0.29) is 10.6 Å². The Labute approximate surface area is 123 Å². The summed E-state index contributed by atoms with van der Waals surface area (Å²) in [6, 6.07) is 5.43. The van der Waals surface area contributed by atoms with Gasteiger partial charge in [-0.25, -0.2) is 0 Å². The zero-order valence-corrected chi connectivity index (χ0v) is 12.2. The van der Waals surface area contributed by atoms with Crippen molar-refractivity contribution in [1.82, 2.24) is 4.57 Å². The highest BCUT2D eigenvalue weighted by atomic mass is 16.6. The van der Waals surface area contributed by atoms with Gasteiger partial charge in [-0.15, -0.1) is 0 Å². The van der Waals surface area contributed by atoms with Crippen molar-refractivity contribution in [2.75, 3.05) is 0 Å². The number of aliphatic hydroxyl groups excluding tert-OH is 1. The van der Waals surface area contributed by atoms with Crippen LogP contribution in [-0.4, -0.2) is 14.6 Å². The number of nitro benzene ring substituents is 1. The van der Waals surface area contributed by atoms with E-state index in [0.717, 1.165) is 41.8 Å². The number of aryl methyl sites for hydroxylation is 2. The first-order chi connectivity index (χ1) is 9.99. The summed E-state index contributed by atoms with van der Waals surface area (Å²) in [6.07, 6.45) is 4.25. The Hall–Kier alpha value is -2.14. The normalized spacial score (nSPS) is 17.6. The summed E-state index contributed by atoms with van der Waals surface area (Å²) in [6.45, 7) is 3.64. The Balaban J connectivity index is 2.14. The first-order valence-corrected chi connectivity index (χ1v) is 7.13. The predicted octanol–water partition coefficient (Wildman–Crippen LogP) is 3.37. The number of benzene rings is 1. The number of rotatable bonds is 2. The van der Waals surface area contributed by atoms with E-state index in [2.05, 4.69) is 4.57 Å². The molecule has 3 rings (SSSR count). The standard InChI is InChI=1S/C16H18N2O3/c1-10-9-15(18(20)21)11(2)8-14(10)17-7-6-12-13(17)4-3-5-16(12)19/h6-9,16,19H,3-5H2,1-2H3. The summed E-state index contributed by atoms with van der Waals surface area (Å²) < 4.78 is 2.06. The van der Waals surface area contributed by atoms with E-state index < -0.39 is 6.10 Å². The molecule has 1 heterocycles. The monoisotopic (exact) mass is 286 g/mol. The number of hydrogen-bond acceptors (Lipinski definition) is 3. The molecule has 1 aromatic carbocycles. The minimum Gasteiger partial charge on any atom is -0.388 e. The van der Waals surface area contributed by atoms with Crippen LogP contribution in [0.1, 0.15) is 41.3 Å². The van der Waals surface area contributed by atoms with Crippen molar-refractivity contribution < 1.29 is 10.0 Å². The van der Waals surface area contributed by atoms with Gasteiger partial charge in [-0.3, -0.25) is 10.1 Å². The molecule has 0 saturated heterocycles. The van der Waals surface area contributed by atoms with Gasteiger partial charge in [-0.1, -0.05) is 0 Å². The molecular weight excluding hydrogens is 268 g/mol. The van der Waals surface area contributed by atoms with Gasteiger partial charge >= 0.3 is 0 Å². The van der Waals surface area contributed by atoms with Crippen molar-refractivity contribution in [3.05, 3.63) is 56.9 Å². The van der Waals surface area contributed by atoms with Crippen molar-refractivity contribution in [3.63, 3.8) is 0 Å². The van der Waals surface area contributed by atoms with Crippen molar-refractivity contribution in [2.45, 2.75) is 39.2 Å². The Morgan fingerprint density at radius 2 is 2.10 bits per heavy atom. The summed E-state index contributed by atoms with van der Waals surface area (Å²) in [5.74, 6) is 0. The van der Waals surface area contributed by atoms with E-state index >= 15 is 0 Å². The van der Waals surface area contributed by atoms with E-state index in [0.29, 0.717) is 5.56 Å². The van der Waals surface area contributed by atoms with Crippen LogP contribution in [0.5, 0.6) is 0 Å². The molecule has 1 atom stereocenters. The van der Waals surface area contributed by atoms with E-state index in [1.165, 1.54) is 0 Å². The molecule has 1 aliphatic carbocycles. The van der Waals surface area contributed by atoms with Crippen LogP contribution in [0.4, 0.5) is 5.69 Å². The lowest BCUT2D eigenvalue weighted by Crippen LogP contribution is -2.11. The van der Waals surface area contributed by atoms with Gasteiger partial charge in [0, 0.05) is 34.8 Å². The smallest absolute Gasteiger partial charge is 0.272 e. The lowest BCUT2D eigenvalue weighted by Gasteiger charge is -2.21. The highest BCUT2D eigenvalue weighted by Gasteiger charge is 2.23. The minimum atomic E-state index is -0.394. The lowest BCUT2D eigenvalue weighted by atomic mass is 9.95. The first kappa shape index (κ1) is 13.8. The summed E-state index contributed by atoms with van der Waals surface area (Å²) in [5, 5.41) is 21.1. The fourth-order valence-corrected chi connectivity index (χ4v) is 3.13. The maximum atomic E-state index is 11.0. The average Bonchev–Trinajstić information content (AvgIpc) is 2.86. The first-order valence-electron chi connectivity index (χ1n) is 7.13. The number of nitrogens with zero attached hydrogens (tertiary/aromatic N) is 2. The van der Waals surface area contributed by atoms with Gasteiger partial charge in [-0.05, 0) is 50.8 Å². The molecule has 110 valence electrons. The van der Waals surface area contributed by atoms with Crippen LogP contribution < -0.4 is 0 Å². The fraction of sp³-hybridized carbons (Fsp3) is 0.375. The van der Waals surface area contributed by atoms with E-state index in [9.17, 15) is 15.2 Å². The molecule has 0 spiro atoms. The van der Waals surface area contributed by atoms with Gasteiger partial charge in [-0.2, -0.15) is 0 Å². The molecule has 1 unspecified atom stereocenters. The number of fused-ring (bicyclic) bond motifs is 1. The van der Waals surface area contributed by atoms with Crippen LogP contribution in [0.15, 0.2) is 24.4 Å². The molecule has 0 aliphatic heterocycles. The SMILES string of the molecule is Cc1cc([N+](=O)[O-])c(C)cc1-n1ccc2c1CCCC2O. The minimum absolute atomic E-state index is 0.150. The van der Waals surface area contributed by atoms with Crippen LogP contribution in [0, 0.1) is 24.0 Å². The summed E-state index contributed by atoms with van der Waals surface area (Å²) in [4.78, 5) is 10.7. The molecule has 5 heteroatoms. The largest absolute Gasteiger partial charge is 0.388 e. The molecule has 5 nitrogen and oxygen atoms in total. The molecule has 0 saturated carbocycles. The molecule has 1 N–H and O–H groups in total. The zero-order valence-electron chi connectivity index (χ0n) is 12.2. The Kier molecular flexibility index (Phi) is 3.29. The predicted molar refractivity (Wildman–Crippen MR) is 79.8 cm³/mol. The van der Waals surface area contributed by atoms with Gasteiger partial charge in [0.25, 0.3) is 5.69 Å². The van der Waals surface area contributed by atoms with Crippen LogP contribution in [-0.2, 0) is 6.42 Å². The quantitative estimate of drug-likeness (QED) is 0.679. The van der Waals surface area contributed by atoms with Crippen molar-refractivity contribution in [2.24, 2.45) is 0 Å². The Morgan fingerprint density at radius 3 is 2.81 bits per heavy atom. The van der Waals surface area contributed by atoms with Crippen LogP contribution in [0.25, 0.3) is 5.69 Å². The van der Waals surface area contributed by atoms with Crippen molar-refractivity contribution in [1.29, 1.82) is 0 Å². The van der Waals surface area contributed by atoms with Crippen LogP contribution in [0.2, 0.25) is 0 Å². The fourth-order valence-electron chi connectivity index (χ4n) is 3.13. The van der Waals surface area contributed by atoms with Gasteiger partial charge < -0.3 is 9.67 Å². The van der Waals surface area contributed by atoms with Crippen LogP contribution >= 0.6 is 0 Å². The van der Waals surface area contributed by atoms with E-state index in [4.69, 9.17) is 0 Å². The number of hydrogen-bond donors (Lipinski definition) is 1. The number of nitro groups is 1. The summed E-state index contributed by atoms with van der Waals surface area (Å²) in [5.41, 5.74) is 4.72. The Morgan fingerprint density at radius 1 is 1.33 bits per heavy atom. The third-order valence-electron chi connectivity index (χ3n) is 4.25. The van der Waals surface area contributed by atoms with Crippen LogP contribution in [0.3, 0.4) is 0 Å². The molecule has 0 bridgehead atoms. The van der Waals surface area contributed by atoms with Gasteiger partial charge in [0.2, 0.25) is 0 Å². The van der Waals surface area contributed by atoms with E-state index in [1.54, 1.807) is 13.0 Å². The molecule has 21 heavy (non-hydrogen) atoms.